The van der Waals surface area contributed by atoms with Crippen LogP contribution in [0.5, 0.6) is 0 Å². The van der Waals surface area contributed by atoms with Gasteiger partial charge in [0.1, 0.15) is 0 Å². The van der Waals surface area contributed by atoms with Crippen LogP contribution in [0.3, 0.4) is 0 Å². The van der Waals surface area contributed by atoms with Crippen molar-refractivity contribution in [2.24, 2.45) is 12.8 Å². The maximum Gasteiger partial charge on any atom is 0.234 e. The number of carbonyl (C=O) groups excluding carboxylic acids is 1. The molecule has 3 N–H and O–H groups in total. The number of aromatic nitrogens is 2. The van der Waals surface area contributed by atoms with Gasteiger partial charge >= 0.3 is 0 Å². The van der Waals surface area contributed by atoms with Gasteiger partial charge in [-0.3, -0.25) is 9.48 Å². The van der Waals surface area contributed by atoms with Crippen molar-refractivity contribution in [1.82, 2.24) is 15.1 Å². The third-order valence-corrected chi connectivity index (χ3v) is 2.31. The Hall–Kier alpha value is -0.880. The number of nitrogens with one attached hydrogen (secondary N) is 1. The molecule has 0 radical (unpaired) electrons. The fourth-order valence-corrected chi connectivity index (χ4v) is 1.38. The van der Waals surface area contributed by atoms with E-state index in [0.29, 0.717) is 6.54 Å². The molecule has 1 heterocycles. The molecule has 1 aromatic rings. The van der Waals surface area contributed by atoms with E-state index in [1.165, 1.54) is 0 Å². The van der Waals surface area contributed by atoms with Gasteiger partial charge in [0.2, 0.25) is 5.91 Å². The molecule has 0 bridgehead atoms. The molecule has 13 heavy (non-hydrogen) atoms. The normalized spacial score (nSPS) is 10.1. The lowest BCUT2D eigenvalue weighted by Gasteiger charge is -2.04. The van der Waals surface area contributed by atoms with Crippen LogP contribution in [0.4, 0.5) is 0 Å². The lowest BCUT2D eigenvalue weighted by atomic mass is 10.4. The summed E-state index contributed by atoms with van der Waals surface area (Å²) < 4.78 is 2.58. The zero-order valence-corrected chi connectivity index (χ0v) is 8.84. The Kier molecular flexibility index (Phi) is 3.44. The van der Waals surface area contributed by atoms with E-state index in [4.69, 9.17) is 5.73 Å². The quantitative estimate of drug-likeness (QED) is 0.774. The Bertz CT molecular complexity index is 290. The Labute approximate surface area is 84.4 Å². The van der Waals surface area contributed by atoms with Gasteiger partial charge in [-0.25, -0.2) is 0 Å². The molecule has 0 spiro atoms. The highest BCUT2D eigenvalue weighted by Crippen LogP contribution is 2.14. The van der Waals surface area contributed by atoms with Gasteiger partial charge in [-0.1, -0.05) is 0 Å². The van der Waals surface area contributed by atoms with Crippen LogP contribution in [0.25, 0.3) is 0 Å². The molecule has 0 unspecified atom stereocenters. The molecule has 1 amide bonds. The van der Waals surface area contributed by atoms with Crippen molar-refractivity contribution < 1.29 is 4.79 Å². The van der Waals surface area contributed by atoms with Crippen molar-refractivity contribution in [2.45, 2.75) is 6.54 Å². The highest BCUT2D eigenvalue weighted by molar-refractivity contribution is 9.10. The van der Waals surface area contributed by atoms with E-state index in [0.717, 1.165) is 10.2 Å². The van der Waals surface area contributed by atoms with Crippen LogP contribution in [0.1, 0.15) is 5.69 Å². The molecule has 0 aliphatic rings. The third-order valence-electron chi connectivity index (χ3n) is 1.65. The van der Waals surface area contributed by atoms with E-state index in [1.54, 1.807) is 10.9 Å². The van der Waals surface area contributed by atoms with Crippen LogP contribution < -0.4 is 11.1 Å². The fraction of sp³-hybridized carbons (Fsp3) is 0.429. The second-order valence-corrected chi connectivity index (χ2v) is 3.40. The molecule has 0 aliphatic carbocycles. The first-order chi connectivity index (χ1) is 6.15. The van der Waals surface area contributed by atoms with Gasteiger partial charge in [-0.05, 0) is 15.9 Å². The van der Waals surface area contributed by atoms with Crippen LogP contribution in [-0.2, 0) is 18.4 Å². The van der Waals surface area contributed by atoms with E-state index in [2.05, 4.69) is 26.3 Å². The van der Waals surface area contributed by atoms with Crippen molar-refractivity contribution in [3.63, 3.8) is 0 Å². The number of nitrogens with zero attached hydrogens (tertiary/aromatic N) is 2. The first kappa shape index (κ1) is 10.2. The molecule has 0 atom stereocenters. The smallest absolute Gasteiger partial charge is 0.234 e. The summed E-state index contributed by atoms with van der Waals surface area (Å²) >= 11 is 3.32. The number of rotatable bonds is 3. The molecule has 0 saturated carbocycles. The SMILES string of the molecule is Cn1ncc(Br)c1CNC(=O)CN. The van der Waals surface area contributed by atoms with E-state index in [9.17, 15) is 4.79 Å². The molecule has 0 fully saturated rings. The van der Waals surface area contributed by atoms with Gasteiger partial charge in [0.05, 0.1) is 29.5 Å². The largest absolute Gasteiger partial charge is 0.349 e. The summed E-state index contributed by atoms with van der Waals surface area (Å²) in [5, 5.41) is 6.67. The second-order valence-electron chi connectivity index (χ2n) is 2.54. The summed E-state index contributed by atoms with van der Waals surface area (Å²) in [6.45, 7) is 0.447. The molecular weight excluding hydrogens is 236 g/mol. The molecule has 0 aliphatic heterocycles. The summed E-state index contributed by atoms with van der Waals surface area (Å²) in [5.74, 6) is -0.173. The minimum absolute atomic E-state index is 0.00940. The van der Waals surface area contributed by atoms with Crippen molar-refractivity contribution in [1.29, 1.82) is 0 Å². The van der Waals surface area contributed by atoms with Gasteiger partial charge in [-0.2, -0.15) is 5.10 Å². The average Bonchev–Trinajstić information content (AvgIpc) is 2.43. The van der Waals surface area contributed by atoms with Crippen molar-refractivity contribution in [2.75, 3.05) is 6.54 Å². The Morgan fingerprint density at radius 1 is 1.85 bits per heavy atom. The van der Waals surface area contributed by atoms with Crippen molar-refractivity contribution in [3.8, 4) is 0 Å². The standard InChI is InChI=1S/C7H11BrN4O/c1-12-6(5(8)3-11-12)4-10-7(13)2-9/h3H,2,4,9H2,1H3,(H,10,13). The van der Waals surface area contributed by atoms with Gasteiger partial charge in [-0.15, -0.1) is 0 Å². The summed E-state index contributed by atoms with van der Waals surface area (Å²) in [4.78, 5) is 10.8. The number of amides is 1. The lowest BCUT2D eigenvalue weighted by Crippen LogP contribution is -2.30. The molecular formula is C7H11BrN4O. The minimum atomic E-state index is -0.173. The molecule has 1 aromatic heterocycles. The number of aryl methyl sites for hydroxylation is 1. The lowest BCUT2D eigenvalue weighted by molar-refractivity contribution is -0.119. The predicted octanol–water partition coefficient (Wildman–Crippen LogP) is -0.242. The Balaban J connectivity index is 2.58. The number of nitrogens with two attached hydrogens (primary N) is 1. The number of halogens is 1. The Morgan fingerprint density at radius 2 is 2.54 bits per heavy atom. The fourth-order valence-electron chi connectivity index (χ4n) is 0.889. The molecule has 5 nitrogen and oxygen atoms in total. The van der Waals surface area contributed by atoms with Crippen molar-refractivity contribution >= 4 is 21.8 Å². The van der Waals surface area contributed by atoms with E-state index < -0.39 is 0 Å². The van der Waals surface area contributed by atoms with Crippen molar-refractivity contribution in [3.05, 3.63) is 16.4 Å². The summed E-state index contributed by atoms with van der Waals surface area (Å²) in [6, 6.07) is 0. The molecule has 6 heteroatoms. The Morgan fingerprint density at radius 3 is 3.00 bits per heavy atom. The summed E-state index contributed by atoms with van der Waals surface area (Å²) in [5.41, 5.74) is 6.06. The van der Waals surface area contributed by atoms with Crippen LogP contribution in [0, 0.1) is 0 Å². The third kappa shape index (κ3) is 2.53. The minimum Gasteiger partial charge on any atom is -0.349 e. The topological polar surface area (TPSA) is 72.9 Å². The summed E-state index contributed by atoms with van der Waals surface area (Å²) in [6.07, 6.45) is 1.68. The first-order valence-electron chi connectivity index (χ1n) is 3.78. The molecule has 0 aromatic carbocycles. The maximum atomic E-state index is 10.8. The highest BCUT2D eigenvalue weighted by atomic mass is 79.9. The highest BCUT2D eigenvalue weighted by Gasteiger charge is 2.06. The predicted molar refractivity (Wildman–Crippen MR) is 51.8 cm³/mol. The average molecular weight is 247 g/mol. The molecule has 72 valence electrons. The first-order valence-corrected chi connectivity index (χ1v) is 4.57. The van der Waals surface area contributed by atoms with Crippen LogP contribution in [0.2, 0.25) is 0 Å². The molecule has 0 saturated heterocycles. The zero-order valence-electron chi connectivity index (χ0n) is 7.25. The number of hydrogen-bond donors (Lipinski definition) is 2. The van der Waals surface area contributed by atoms with E-state index in [1.807, 2.05) is 7.05 Å². The van der Waals surface area contributed by atoms with Gasteiger partial charge in [0.15, 0.2) is 0 Å². The van der Waals surface area contributed by atoms with Gasteiger partial charge in [0.25, 0.3) is 0 Å². The van der Waals surface area contributed by atoms with Crippen LogP contribution >= 0.6 is 15.9 Å². The van der Waals surface area contributed by atoms with Crippen LogP contribution in [0.15, 0.2) is 10.7 Å². The van der Waals surface area contributed by atoms with Crippen LogP contribution in [-0.4, -0.2) is 22.2 Å². The van der Waals surface area contributed by atoms with E-state index in [-0.39, 0.29) is 12.5 Å². The maximum absolute atomic E-state index is 10.8. The monoisotopic (exact) mass is 246 g/mol. The second kappa shape index (κ2) is 4.38. The van der Waals surface area contributed by atoms with E-state index >= 15 is 0 Å². The zero-order chi connectivity index (χ0) is 9.84. The van der Waals surface area contributed by atoms with Gasteiger partial charge < -0.3 is 11.1 Å². The summed E-state index contributed by atoms with van der Waals surface area (Å²) in [7, 11) is 1.81. The molecule has 1 rings (SSSR count). The van der Waals surface area contributed by atoms with Gasteiger partial charge in [0, 0.05) is 7.05 Å². The number of hydrogen-bond acceptors (Lipinski definition) is 3. The number of carbonyl (C=O) groups is 1.